The number of rotatable bonds is 2. The smallest absolute Gasteiger partial charge is 2.00 e. The zero-order chi connectivity index (χ0) is 7.71. The first kappa shape index (κ1) is 36.3. The van der Waals surface area contributed by atoms with Crippen molar-refractivity contribution in [2.24, 2.45) is 0 Å². The van der Waals surface area contributed by atoms with Gasteiger partial charge in [0.1, 0.15) is 0 Å². The molecule has 0 amide bonds. The number of phosphoric acid groups is 2. The van der Waals surface area contributed by atoms with Gasteiger partial charge in [0, 0.05) is 0 Å². The zero-order valence-electron chi connectivity index (χ0n) is 7.73. The number of hydrogen-bond acceptors (Lipinski definition) is 3. The topological polar surface area (TPSA) is 153 Å². The van der Waals surface area contributed by atoms with Crippen molar-refractivity contribution < 1.29 is 97.6 Å². The summed E-state index contributed by atoms with van der Waals surface area (Å²) in [7, 11) is -10.1. The third-order valence-corrected chi connectivity index (χ3v) is 1.91. The summed E-state index contributed by atoms with van der Waals surface area (Å²) < 4.78 is 22.2. The van der Waals surface area contributed by atoms with E-state index in [1.54, 1.807) is 0 Å². The van der Waals surface area contributed by atoms with E-state index in [1.165, 1.54) is 0 Å². The van der Waals surface area contributed by atoms with E-state index in [2.05, 4.69) is 4.31 Å². The first-order chi connectivity index (χ1) is 3.71. The first-order valence-corrected chi connectivity index (χ1v) is 4.59. The van der Waals surface area contributed by atoms with E-state index in [-0.39, 0.29) is 140 Å². The monoisotopic (exact) mass is 320 g/mol. The van der Waals surface area contributed by atoms with Gasteiger partial charge in [-0.3, -0.25) is 0 Å². The summed E-state index contributed by atoms with van der Waals surface area (Å²) in [6.07, 6.45) is 0. The van der Waals surface area contributed by atoms with Gasteiger partial charge in [-0.15, -0.1) is 0 Å². The van der Waals surface area contributed by atoms with E-state index in [0.717, 1.165) is 0 Å². The van der Waals surface area contributed by atoms with Crippen LogP contribution >= 0.6 is 15.6 Å². The van der Waals surface area contributed by atoms with E-state index >= 15 is 0 Å². The molecule has 0 aromatic heterocycles. The van der Waals surface area contributed by atoms with Crippen molar-refractivity contribution in [1.82, 2.24) is 0 Å². The fourth-order valence-corrected chi connectivity index (χ4v) is 1.25. The molecule has 0 radical (unpaired) electrons. The molecule has 0 spiro atoms. The zero-order valence-corrected chi connectivity index (χ0v) is 17.9. The summed E-state index contributed by atoms with van der Waals surface area (Å²) in [6.45, 7) is 0. The average Bonchev–Trinajstić information content (AvgIpc) is 1.14. The first-order valence-electron chi connectivity index (χ1n) is 1.53. The van der Waals surface area contributed by atoms with Crippen LogP contribution in [0.2, 0.25) is 0 Å². The molecule has 0 saturated heterocycles. The van der Waals surface area contributed by atoms with Crippen LogP contribution in [0.15, 0.2) is 0 Å². The van der Waals surface area contributed by atoms with Crippen molar-refractivity contribution in [3.63, 3.8) is 0 Å². The molecule has 0 heterocycles. The van der Waals surface area contributed by atoms with Crippen molar-refractivity contribution >= 4 is 91.1 Å². The molecule has 0 aromatic carbocycles. The summed E-state index contributed by atoms with van der Waals surface area (Å²) in [4.78, 5) is 31.0. The van der Waals surface area contributed by atoms with E-state index < -0.39 is 15.6 Å². The standard InChI is InChI=1S/2Ca.2Na.H4O7P2.O/c;;;;1-8(2,3)7-9(4,5)6;/h;;;;(H2,1,2,3)(H2,4,5,6);/q2*+2;2*+1;;-2. The van der Waals surface area contributed by atoms with Gasteiger partial charge in [0.2, 0.25) is 0 Å². The maximum absolute atomic E-state index is 9.63. The minimum Gasteiger partial charge on any atom is -2.00 e. The van der Waals surface area contributed by atoms with Crippen LogP contribution in [-0.2, 0) is 18.9 Å². The summed E-state index contributed by atoms with van der Waals surface area (Å²) in [6, 6.07) is 0. The van der Waals surface area contributed by atoms with Crippen LogP contribution in [0.1, 0.15) is 0 Å². The summed E-state index contributed by atoms with van der Waals surface area (Å²) in [5.74, 6) is 0. The Labute approximate surface area is 184 Å². The fourth-order valence-electron chi connectivity index (χ4n) is 0.139. The van der Waals surface area contributed by atoms with E-state index in [9.17, 15) is 9.13 Å². The minimum absolute atomic E-state index is 0. The van der Waals surface area contributed by atoms with Crippen LogP contribution in [0, 0.1) is 0 Å². The molecule has 14 heteroatoms. The second-order valence-corrected chi connectivity index (χ2v) is 3.68. The maximum Gasteiger partial charge on any atom is 2.00 e. The molecule has 0 atom stereocenters. The van der Waals surface area contributed by atoms with E-state index in [4.69, 9.17) is 19.6 Å². The van der Waals surface area contributed by atoms with Gasteiger partial charge in [0.05, 0.1) is 0 Å². The summed E-state index contributed by atoms with van der Waals surface area (Å²) in [5, 5.41) is 0. The maximum atomic E-state index is 9.63. The Morgan fingerprint density at radius 1 is 0.786 bits per heavy atom. The Morgan fingerprint density at radius 3 is 0.929 bits per heavy atom. The van der Waals surface area contributed by atoms with Gasteiger partial charge in [0.25, 0.3) is 0 Å². The third-order valence-electron chi connectivity index (χ3n) is 0.213. The van der Waals surface area contributed by atoms with Crippen LogP contribution in [-0.4, -0.2) is 95.1 Å². The van der Waals surface area contributed by atoms with E-state index in [1.807, 2.05) is 0 Å². The molecule has 0 bridgehead atoms. The molecule has 8 nitrogen and oxygen atoms in total. The SMILES string of the molecule is O=P(O)(O)OP(=O)(O)O.[Ca+2].[Ca+2].[Na+].[Na+].[O-2]. The van der Waals surface area contributed by atoms with Crippen molar-refractivity contribution in [3.05, 3.63) is 0 Å². The van der Waals surface area contributed by atoms with Crippen LogP contribution in [0.5, 0.6) is 0 Å². The van der Waals surface area contributed by atoms with E-state index in [0.29, 0.717) is 0 Å². The molecule has 64 valence electrons. The van der Waals surface area contributed by atoms with Gasteiger partial charge >= 0.3 is 150 Å². The van der Waals surface area contributed by atoms with Crippen molar-refractivity contribution in [2.75, 3.05) is 0 Å². The predicted octanol–water partition coefficient (Wildman–Crippen LogP) is -7.68. The molecule has 0 fully saturated rings. The molecule has 4 N–H and O–H groups in total. The van der Waals surface area contributed by atoms with Crippen LogP contribution < -0.4 is 59.1 Å². The van der Waals surface area contributed by atoms with Gasteiger partial charge in [-0.2, -0.15) is 4.31 Å². The molecular formula is H4Ca2Na2O8P2+4. The molecule has 0 aliphatic rings. The van der Waals surface area contributed by atoms with Gasteiger partial charge in [-0.25, -0.2) is 9.13 Å². The second kappa shape index (κ2) is 15.8. The Morgan fingerprint density at radius 2 is 0.929 bits per heavy atom. The molecule has 0 aliphatic heterocycles. The van der Waals surface area contributed by atoms with Crippen LogP contribution in [0.3, 0.4) is 0 Å². The average molecular weight is 320 g/mol. The van der Waals surface area contributed by atoms with Crippen molar-refractivity contribution in [2.45, 2.75) is 0 Å². The molecular weight excluding hydrogens is 316 g/mol. The quantitative estimate of drug-likeness (QED) is 0.291. The predicted molar refractivity (Wildman–Crippen MR) is 37.4 cm³/mol. The fraction of sp³-hybridized carbons (Fsp3) is 0. The number of hydrogen-bond donors (Lipinski definition) is 4. The van der Waals surface area contributed by atoms with Gasteiger partial charge in [-0.1, -0.05) is 0 Å². The Bertz CT molecular complexity index is 164. The second-order valence-electron chi connectivity index (χ2n) is 1.06. The Hall–Kier alpha value is 4.74. The Kier molecular flexibility index (Phi) is 41.0. The Balaban J connectivity index is -0.0000000320. The summed E-state index contributed by atoms with van der Waals surface area (Å²) in [5.41, 5.74) is 0. The molecule has 0 saturated carbocycles. The molecule has 14 heavy (non-hydrogen) atoms. The molecule has 0 rings (SSSR count). The molecule has 0 aromatic rings. The summed E-state index contributed by atoms with van der Waals surface area (Å²) >= 11 is 0. The van der Waals surface area contributed by atoms with Crippen molar-refractivity contribution in [3.8, 4) is 0 Å². The molecule has 0 unspecified atom stereocenters. The molecule has 0 aliphatic carbocycles. The van der Waals surface area contributed by atoms with Crippen molar-refractivity contribution in [1.29, 1.82) is 0 Å². The van der Waals surface area contributed by atoms with Gasteiger partial charge in [0.15, 0.2) is 0 Å². The largest absolute Gasteiger partial charge is 2.00 e. The van der Waals surface area contributed by atoms with Crippen LogP contribution in [0.25, 0.3) is 0 Å². The van der Waals surface area contributed by atoms with Gasteiger partial charge in [-0.05, 0) is 0 Å². The van der Waals surface area contributed by atoms with Gasteiger partial charge < -0.3 is 25.0 Å². The third kappa shape index (κ3) is 36.0. The normalized spacial score (nSPS) is 8.86. The minimum atomic E-state index is -5.05. The van der Waals surface area contributed by atoms with Crippen LogP contribution in [0.4, 0.5) is 0 Å².